The maximum absolute atomic E-state index is 12.7. The minimum atomic E-state index is -0.0739. The summed E-state index contributed by atoms with van der Waals surface area (Å²) in [5, 5.41) is 7.12. The SMILES string of the molecule is O=C(NCC1CCCN(C(=O)c2ccc(Cl)cc2Cl)C1)C1CCCN1. The molecule has 1 aromatic carbocycles. The molecule has 5 nitrogen and oxygen atoms in total. The number of benzene rings is 1. The van der Waals surface area contributed by atoms with Crippen molar-refractivity contribution in [2.24, 2.45) is 5.92 Å². The van der Waals surface area contributed by atoms with Gasteiger partial charge >= 0.3 is 0 Å². The molecule has 0 bridgehead atoms. The molecule has 0 spiro atoms. The van der Waals surface area contributed by atoms with Crippen LogP contribution in [0.3, 0.4) is 0 Å². The molecule has 25 heavy (non-hydrogen) atoms. The summed E-state index contributed by atoms with van der Waals surface area (Å²) in [6.45, 7) is 2.86. The predicted octanol–water partition coefficient (Wildman–Crippen LogP) is 2.71. The van der Waals surface area contributed by atoms with Crippen molar-refractivity contribution in [3.8, 4) is 0 Å². The Hall–Kier alpha value is -1.30. The number of nitrogens with zero attached hydrogens (tertiary/aromatic N) is 1. The molecule has 0 radical (unpaired) electrons. The van der Waals surface area contributed by atoms with Crippen LogP contribution < -0.4 is 10.6 Å². The molecule has 0 aromatic heterocycles. The third kappa shape index (κ3) is 4.66. The molecule has 2 N–H and O–H groups in total. The number of halogens is 2. The van der Waals surface area contributed by atoms with E-state index in [0.717, 1.165) is 32.2 Å². The number of carbonyl (C=O) groups is 2. The molecule has 2 atom stereocenters. The lowest BCUT2D eigenvalue weighted by Gasteiger charge is -2.33. The van der Waals surface area contributed by atoms with Crippen molar-refractivity contribution < 1.29 is 9.59 Å². The lowest BCUT2D eigenvalue weighted by atomic mass is 9.97. The summed E-state index contributed by atoms with van der Waals surface area (Å²) in [6, 6.07) is 4.88. The quantitative estimate of drug-likeness (QED) is 0.839. The summed E-state index contributed by atoms with van der Waals surface area (Å²) in [4.78, 5) is 26.7. The van der Waals surface area contributed by atoms with Gasteiger partial charge in [-0.05, 0) is 56.3 Å². The Morgan fingerprint density at radius 3 is 2.80 bits per heavy atom. The number of carbonyl (C=O) groups excluding carboxylic acids is 2. The second-order valence-corrected chi connectivity index (χ2v) is 7.62. The Labute approximate surface area is 158 Å². The van der Waals surface area contributed by atoms with Crippen LogP contribution in [0.4, 0.5) is 0 Å². The summed E-state index contributed by atoms with van der Waals surface area (Å²) in [5.74, 6) is 0.269. The van der Waals surface area contributed by atoms with Crippen LogP contribution >= 0.6 is 23.2 Å². The summed E-state index contributed by atoms with van der Waals surface area (Å²) in [6.07, 6.45) is 3.89. The molecule has 3 rings (SSSR count). The van der Waals surface area contributed by atoms with E-state index in [1.807, 2.05) is 4.90 Å². The van der Waals surface area contributed by atoms with E-state index in [2.05, 4.69) is 10.6 Å². The second kappa shape index (κ2) is 8.39. The topological polar surface area (TPSA) is 61.4 Å². The maximum atomic E-state index is 12.7. The van der Waals surface area contributed by atoms with Crippen LogP contribution in [0.1, 0.15) is 36.0 Å². The van der Waals surface area contributed by atoms with E-state index in [1.54, 1.807) is 18.2 Å². The summed E-state index contributed by atoms with van der Waals surface area (Å²) < 4.78 is 0. The average Bonchev–Trinajstić information content (AvgIpc) is 3.14. The fraction of sp³-hybridized carbons (Fsp3) is 0.556. The van der Waals surface area contributed by atoms with Crippen LogP contribution in [-0.2, 0) is 4.79 Å². The van der Waals surface area contributed by atoms with Gasteiger partial charge in [0.1, 0.15) is 0 Å². The highest BCUT2D eigenvalue weighted by molar-refractivity contribution is 6.36. The number of likely N-dealkylation sites (tertiary alicyclic amines) is 1. The van der Waals surface area contributed by atoms with Crippen LogP contribution in [0.15, 0.2) is 18.2 Å². The Kier molecular flexibility index (Phi) is 6.20. The first-order valence-corrected chi connectivity index (χ1v) is 9.55. The molecule has 1 aromatic rings. The molecular weight excluding hydrogens is 361 g/mol. The van der Waals surface area contributed by atoms with Gasteiger partial charge < -0.3 is 15.5 Å². The van der Waals surface area contributed by atoms with Crippen molar-refractivity contribution in [2.75, 3.05) is 26.2 Å². The van der Waals surface area contributed by atoms with E-state index in [0.29, 0.717) is 35.2 Å². The zero-order chi connectivity index (χ0) is 17.8. The third-order valence-electron chi connectivity index (χ3n) is 4.91. The molecule has 2 saturated heterocycles. The number of nitrogens with one attached hydrogen (secondary N) is 2. The number of piperidine rings is 1. The Morgan fingerprint density at radius 1 is 1.24 bits per heavy atom. The summed E-state index contributed by atoms with van der Waals surface area (Å²) in [7, 11) is 0. The van der Waals surface area contributed by atoms with Gasteiger partial charge in [-0.15, -0.1) is 0 Å². The zero-order valence-electron chi connectivity index (χ0n) is 14.1. The summed E-state index contributed by atoms with van der Waals surface area (Å²) >= 11 is 12.1. The predicted molar refractivity (Wildman–Crippen MR) is 99.1 cm³/mol. The highest BCUT2D eigenvalue weighted by Gasteiger charge is 2.27. The molecule has 7 heteroatoms. The number of hydrogen-bond acceptors (Lipinski definition) is 3. The van der Waals surface area contributed by atoms with Gasteiger partial charge in [0.05, 0.1) is 16.6 Å². The fourth-order valence-electron chi connectivity index (χ4n) is 3.53. The van der Waals surface area contributed by atoms with Crippen LogP contribution in [0, 0.1) is 5.92 Å². The monoisotopic (exact) mass is 383 g/mol. The van der Waals surface area contributed by atoms with Gasteiger partial charge in [-0.3, -0.25) is 9.59 Å². The van der Waals surface area contributed by atoms with Gasteiger partial charge in [0.15, 0.2) is 0 Å². The summed E-state index contributed by atoms with van der Waals surface area (Å²) in [5.41, 5.74) is 0.478. The molecule has 2 aliphatic heterocycles. The van der Waals surface area contributed by atoms with Crippen LogP contribution in [0.25, 0.3) is 0 Å². The van der Waals surface area contributed by atoms with Crippen LogP contribution in [0.2, 0.25) is 10.0 Å². The van der Waals surface area contributed by atoms with E-state index in [9.17, 15) is 9.59 Å². The smallest absolute Gasteiger partial charge is 0.255 e. The first-order valence-electron chi connectivity index (χ1n) is 8.80. The number of rotatable bonds is 4. The van der Waals surface area contributed by atoms with Crippen molar-refractivity contribution in [3.05, 3.63) is 33.8 Å². The van der Waals surface area contributed by atoms with Gasteiger partial charge in [0.2, 0.25) is 5.91 Å². The average molecular weight is 384 g/mol. The largest absolute Gasteiger partial charge is 0.354 e. The van der Waals surface area contributed by atoms with E-state index < -0.39 is 0 Å². The Morgan fingerprint density at radius 2 is 2.08 bits per heavy atom. The third-order valence-corrected chi connectivity index (χ3v) is 5.46. The van der Waals surface area contributed by atoms with Crippen molar-refractivity contribution >= 4 is 35.0 Å². The molecule has 0 aliphatic carbocycles. The van der Waals surface area contributed by atoms with Gasteiger partial charge in [-0.2, -0.15) is 0 Å². The molecule has 2 heterocycles. The molecule has 2 fully saturated rings. The van der Waals surface area contributed by atoms with Gasteiger partial charge in [-0.25, -0.2) is 0 Å². The number of hydrogen-bond donors (Lipinski definition) is 2. The lowest BCUT2D eigenvalue weighted by Crippen LogP contribution is -2.46. The van der Waals surface area contributed by atoms with E-state index >= 15 is 0 Å². The van der Waals surface area contributed by atoms with Crippen molar-refractivity contribution in [1.29, 1.82) is 0 Å². The highest BCUT2D eigenvalue weighted by atomic mass is 35.5. The number of amides is 2. The minimum absolute atomic E-state index is 0.0609. The van der Waals surface area contributed by atoms with E-state index in [4.69, 9.17) is 23.2 Å². The maximum Gasteiger partial charge on any atom is 0.255 e. The second-order valence-electron chi connectivity index (χ2n) is 6.78. The first kappa shape index (κ1) is 18.5. The molecular formula is C18H23Cl2N3O2. The van der Waals surface area contributed by atoms with Crippen molar-refractivity contribution in [2.45, 2.75) is 31.7 Å². The standard InChI is InChI=1S/C18H23Cl2N3O2/c19-13-5-6-14(15(20)9-13)18(25)23-8-2-3-12(11-23)10-22-17(24)16-4-1-7-21-16/h5-6,9,12,16,21H,1-4,7-8,10-11H2,(H,22,24). The van der Waals surface area contributed by atoms with Crippen molar-refractivity contribution in [3.63, 3.8) is 0 Å². The normalized spacial score (nSPS) is 23.5. The highest BCUT2D eigenvalue weighted by Crippen LogP contribution is 2.24. The van der Waals surface area contributed by atoms with Gasteiger partial charge in [0, 0.05) is 24.7 Å². The zero-order valence-corrected chi connectivity index (χ0v) is 15.6. The van der Waals surface area contributed by atoms with Gasteiger partial charge in [0.25, 0.3) is 5.91 Å². The fourth-order valence-corrected chi connectivity index (χ4v) is 4.02. The van der Waals surface area contributed by atoms with E-state index in [1.165, 1.54) is 0 Å². The Balaban J connectivity index is 1.55. The first-order chi connectivity index (χ1) is 12.0. The van der Waals surface area contributed by atoms with Crippen LogP contribution in [-0.4, -0.2) is 48.9 Å². The van der Waals surface area contributed by atoms with E-state index in [-0.39, 0.29) is 23.8 Å². The minimum Gasteiger partial charge on any atom is -0.354 e. The lowest BCUT2D eigenvalue weighted by molar-refractivity contribution is -0.123. The molecule has 2 aliphatic rings. The van der Waals surface area contributed by atoms with Crippen molar-refractivity contribution in [1.82, 2.24) is 15.5 Å². The molecule has 136 valence electrons. The van der Waals surface area contributed by atoms with Crippen LogP contribution in [0.5, 0.6) is 0 Å². The molecule has 2 amide bonds. The molecule has 0 saturated carbocycles. The molecule has 2 unspecified atom stereocenters. The van der Waals surface area contributed by atoms with Gasteiger partial charge in [-0.1, -0.05) is 23.2 Å². The Bertz CT molecular complexity index is 647.